The lowest BCUT2D eigenvalue weighted by Gasteiger charge is -2.08. The molecular weight excluding hydrogens is 244 g/mol. The van der Waals surface area contributed by atoms with Gasteiger partial charge in [0.05, 0.1) is 11.3 Å². The second-order valence-corrected chi connectivity index (χ2v) is 4.36. The molecule has 1 heterocycles. The Morgan fingerprint density at radius 3 is 3.00 bits per heavy atom. The number of hydrogen-bond donors (Lipinski definition) is 1. The molecule has 0 radical (unpaired) electrons. The Kier molecular flexibility index (Phi) is 4.12. The summed E-state index contributed by atoms with van der Waals surface area (Å²) in [6, 6.07) is 5.08. The number of nitrogens with one attached hydrogen (secondary N) is 1. The first kappa shape index (κ1) is 13.1. The number of nitro groups is 1. The molecular formula is C13H16N4O2. The van der Waals surface area contributed by atoms with Crippen molar-refractivity contribution < 1.29 is 4.92 Å². The standard InChI is InChI=1S/C13H16N4O2/c1-11-3-4-13(17(18)19)12(9-11)15-5-2-7-16-8-6-14-10-16/h3-4,6,8-10,15H,2,5,7H2,1H3. The molecule has 1 aromatic heterocycles. The maximum absolute atomic E-state index is 10.9. The van der Waals surface area contributed by atoms with E-state index in [9.17, 15) is 10.1 Å². The van der Waals surface area contributed by atoms with Gasteiger partial charge in [-0.25, -0.2) is 4.98 Å². The Bertz CT molecular complexity index is 552. The van der Waals surface area contributed by atoms with Crippen LogP contribution in [0.15, 0.2) is 36.9 Å². The molecule has 0 aliphatic rings. The summed E-state index contributed by atoms with van der Waals surface area (Å²) < 4.78 is 1.98. The Hall–Kier alpha value is -2.37. The van der Waals surface area contributed by atoms with Crippen LogP contribution in [0.2, 0.25) is 0 Å². The number of nitro benzene ring substituents is 1. The highest BCUT2D eigenvalue weighted by molar-refractivity contribution is 5.62. The molecule has 0 atom stereocenters. The van der Waals surface area contributed by atoms with E-state index in [1.807, 2.05) is 17.7 Å². The molecule has 0 amide bonds. The molecule has 1 N–H and O–H groups in total. The normalized spacial score (nSPS) is 10.4. The maximum Gasteiger partial charge on any atom is 0.292 e. The van der Waals surface area contributed by atoms with Crippen LogP contribution in [0.1, 0.15) is 12.0 Å². The third kappa shape index (κ3) is 3.54. The summed E-state index contributed by atoms with van der Waals surface area (Å²) in [6.07, 6.45) is 6.27. The van der Waals surface area contributed by atoms with E-state index in [0.717, 1.165) is 18.5 Å². The van der Waals surface area contributed by atoms with Gasteiger partial charge in [-0.3, -0.25) is 10.1 Å². The minimum absolute atomic E-state index is 0.119. The van der Waals surface area contributed by atoms with Gasteiger partial charge in [-0.05, 0) is 25.0 Å². The van der Waals surface area contributed by atoms with Crippen LogP contribution in [0.3, 0.4) is 0 Å². The second-order valence-electron chi connectivity index (χ2n) is 4.36. The fraction of sp³-hybridized carbons (Fsp3) is 0.308. The molecule has 6 nitrogen and oxygen atoms in total. The van der Waals surface area contributed by atoms with E-state index < -0.39 is 0 Å². The first-order valence-corrected chi connectivity index (χ1v) is 6.11. The zero-order chi connectivity index (χ0) is 13.7. The number of rotatable bonds is 6. The van der Waals surface area contributed by atoms with Crippen LogP contribution in [-0.4, -0.2) is 21.0 Å². The fourth-order valence-corrected chi connectivity index (χ4v) is 1.85. The molecule has 0 fully saturated rings. The van der Waals surface area contributed by atoms with E-state index in [2.05, 4.69) is 10.3 Å². The van der Waals surface area contributed by atoms with Gasteiger partial charge in [0.1, 0.15) is 5.69 Å². The Morgan fingerprint density at radius 1 is 1.47 bits per heavy atom. The first-order valence-electron chi connectivity index (χ1n) is 6.11. The zero-order valence-electron chi connectivity index (χ0n) is 10.7. The van der Waals surface area contributed by atoms with E-state index in [1.165, 1.54) is 6.07 Å². The summed E-state index contributed by atoms with van der Waals surface area (Å²) in [5.41, 5.74) is 1.70. The third-order valence-electron chi connectivity index (χ3n) is 2.82. The molecule has 0 saturated heterocycles. The van der Waals surface area contributed by atoms with Crippen molar-refractivity contribution in [1.82, 2.24) is 9.55 Å². The predicted octanol–water partition coefficient (Wildman–Crippen LogP) is 2.60. The highest BCUT2D eigenvalue weighted by Crippen LogP contribution is 2.24. The van der Waals surface area contributed by atoms with Gasteiger partial charge >= 0.3 is 0 Å². The fourth-order valence-electron chi connectivity index (χ4n) is 1.85. The summed E-state index contributed by atoms with van der Waals surface area (Å²) in [7, 11) is 0. The van der Waals surface area contributed by atoms with Crippen molar-refractivity contribution >= 4 is 11.4 Å². The van der Waals surface area contributed by atoms with Crippen molar-refractivity contribution in [2.45, 2.75) is 19.9 Å². The van der Waals surface area contributed by atoms with Gasteiger partial charge in [-0.1, -0.05) is 6.07 Å². The van der Waals surface area contributed by atoms with Crippen LogP contribution in [0, 0.1) is 17.0 Å². The topological polar surface area (TPSA) is 73.0 Å². The van der Waals surface area contributed by atoms with Crippen LogP contribution < -0.4 is 5.32 Å². The van der Waals surface area contributed by atoms with Crippen LogP contribution >= 0.6 is 0 Å². The van der Waals surface area contributed by atoms with Crippen molar-refractivity contribution in [2.75, 3.05) is 11.9 Å². The summed E-state index contributed by atoms with van der Waals surface area (Å²) in [4.78, 5) is 14.5. The SMILES string of the molecule is Cc1ccc([N+](=O)[O-])c(NCCCn2ccnc2)c1. The summed E-state index contributed by atoms with van der Waals surface area (Å²) in [5, 5.41) is 14.0. The van der Waals surface area contributed by atoms with Crippen molar-refractivity contribution in [3.8, 4) is 0 Å². The van der Waals surface area contributed by atoms with Gasteiger partial charge in [0.2, 0.25) is 0 Å². The lowest BCUT2D eigenvalue weighted by Crippen LogP contribution is -2.07. The molecule has 2 rings (SSSR count). The third-order valence-corrected chi connectivity index (χ3v) is 2.82. The number of anilines is 1. The molecule has 19 heavy (non-hydrogen) atoms. The number of nitrogens with zero attached hydrogens (tertiary/aromatic N) is 3. The first-order chi connectivity index (χ1) is 9.16. The average molecular weight is 260 g/mol. The van der Waals surface area contributed by atoms with Crippen molar-refractivity contribution in [2.24, 2.45) is 0 Å². The lowest BCUT2D eigenvalue weighted by molar-refractivity contribution is -0.384. The van der Waals surface area contributed by atoms with Crippen LogP contribution in [0.4, 0.5) is 11.4 Å². The number of benzene rings is 1. The Morgan fingerprint density at radius 2 is 2.32 bits per heavy atom. The number of aromatic nitrogens is 2. The number of imidazole rings is 1. The van der Waals surface area contributed by atoms with Crippen LogP contribution in [-0.2, 0) is 6.54 Å². The van der Waals surface area contributed by atoms with Crippen molar-refractivity contribution in [3.63, 3.8) is 0 Å². The van der Waals surface area contributed by atoms with Crippen LogP contribution in [0.25, 0.3) is 0 Å². The van der Waals surface area contributed by atoms with Gasteiger partial charge in [0, 0.05) is 31.5 Å². The molecule has 6 heteroatoms. The van der Waals surface area contributed by atoms with E-state index >= 15 is 0 Å². The maximum atomic E-state index is 10.9. The van der Waals surface area contributed by atoms with E-state index in [4.69, 9.17) is 0 Å². The van der Waals surface area contributed by atoms with Crippen LogP contribution in [0.5, 0.6) is 0 Å². The monoisotopic (exact) mass is 260 g/mol. The van der Waals surface area contributed by atoms with Gasteiger partial charge in [0.15, 0.2) is 0 Å². The molecule has 0 spiro atoms. The largest absolute Gasteiger partial charge is 0.379 e. The Labute approximate surface area is 111 Å². The molecule has 0 bridgehead atoms. The summed E-state index contributed by atoms with van der Waals surface area (Å²) in [6.45, 7) is 3.44. The smallest absolute Gasteiger partial charge is 0.292 e. The lowest BCUT2D eigenvalue weighted by atomic mass is 10.2. The van der Waals surface area contributed by atoms with E-state index in [-0.39, 0.29) is 10.6 Å². The zero-order valence-corrected chi connectivity index (χ0v) is 10.7. The van der Waals surface area contributed by atoms with E-state index in [1.54, 1.807) is 24.7 Å². The highest BCUT2D eigenvalue weighted by Gasteiger charge is 2.12. The summed E-state index contributed by atoms with van der Waals surface area (Å²) >= 11 is 0. The average Bonchev–Trinajstić information content (AvgIpc) is 2.87. The molecule has 100 valence electrons. The molecule has 2 aromatic rings. The second kappa shape index (κ2) is 5.99. The number of aryl methyl sites for hydroxylation is 2. The molecule has 0 saturated carbocycles. The Balaban J connectivity index is 1.91. The van der Waals surface area contributed by atoms with E-state index in [0.29, 0.717) is 12.2 Å². The molecule has 0 aliphatic carbocycles. The van der Waals surface area contributed by atoms with Crippen molar-refractivity contribution in [3.05, 3.63) is 52.6 Å². The molecule has 0 unspecified atom stereocenters. The van der Waals surface area contributed by atoms with Gasteiger partial charge in [0.25, 0.3) is 5.69 Å². The van der Waals surface area contributed by atoms with Gasteiger partial charge in [-0.2, -0.15) is 0 Å². The van der Waals surface area contributed by atoms with Crippen molar-refractivity contribution in [1.29, 1.82) is 0 Å². The number of hydrogen-bond acceptors (Lipinski definition) is 4. The molecule has 0 aliphatic heterocycles. The predicted molar refractivity (Wildman–Crippen MR) is 73.2 cm³/mol. The summed E-state index contributed by atoms with van der Waals surface area (Å²) in [5.74, 6) is 0. The van der Waals surface area contributed by atoms with Gasteiger partial charge < -0.3 is 9.88 Å². The van der Waals surface area contributed by atoms with Gasteiger partial charge in [-0.15, -0.1) is 0 Å². The minimum atomic E-state index is -0.363. The minimum Gasteiger partial charge on any atom is -0.379 e. The quantitative estimate of drug-likeness (QED) is 0.492. The molecule has 1 aromatic carbocycles. The highest BCUT2D eigenvalue weighted by atomic mass is 16.6.